The molecular formula is C18H27N5S. The molecule has 4 heterocycles. The normalized spacial score (nSPS) is 22.0. The molecule has 2 aromatic heterocycles. The molecule has 24 heavy (non-hydrogen) atoms. The van der Waals surface area contributed by atoms with E-state index >= 15 is 0 Å². The van der Waals surface area contributed by atoms with E-state index in [0.29, 0.717) is 5.92 Å². The number of aryl methyl sites for hydroxylation is 1. The quantitative estimate of drug-likeness (QED) is 0.856. The summed E-state index contributed by atoms with van der Waals surface area (Å²) in [5, 5.41) is 10.2. The van der Waals surface area contributed by atoms with E-state index in [1.165, 1.54) is 47.3 Å². The Morgan fingerprint density at radius 1 is 1.21 bits per heavy atom. The van der Waals surface area contributed by atoms with Crippen molar-refractivity contribution in [1.82, 2.24) is 24.6 Å². The molecule has 0 spiro atoms. The fourth-order valence-corrected chi connectivity index (χ4v) is 4.82. The van der Waals surface area contributed by atoms with Crippen molar-refractivity contribution >= 4 is 11.3 Å². The van der Waals surface area contributed by atoms with Crippen molar-refractivity contribution in [3.05, 3.63) is 27.7 Å². The van der Waals surface area contributed by atoms with Gasteiger partial charge in [-0.05, 0) is 31.2 Å². The topological polar surface area (TPSA) is 46.8 Å². The van der Waals surface area contributed by atoms with E-state index in [9.17, 15) is 0 Å². The van der Waals surface area contributed by atoms with Crippen molar-refractivity contribution in [2.24, 2.45) is 0 Å². The van der Waals surface area contributed by atoms with Gasteiger partial charge in [-0.25, -0.2) is 4.98 Å². The van der Waals surface area contributed by atoms with Crippen LogP contribution in [-0.4, -0.2) is 37.7 Å². The lowest BCUT2D eigenvalue weighted by atomic mass is 9.96. The third-order valence-corrected chi connectivity index (χ3v) is 6.57. The van der Waals surface area contributed by atoms with Crippen LogP contribution in [0, 0.1) is 0 Å². The van der Waals surface area contributed by atoms with Gasteiger partial charge < -0.3 is 4.57 Å². The van der Waals surface area contributed by atoms with Crippen LogP contribution in [0.3, 0.4) is 0 Å². The maximum absolute atomic E-state index is 4.67. The van der Waals surface area contributed by atoms with Crippen LogP contribution in [0.25, 0.3) is 0 Å². The zero-order valence-corrected chi connectivity index (χ0v) is 15.8. The average Bonchev–Trinajstić information content (AvgIpc) is 3.22. The minimum Gasteiger partial charge on any atom is -0.315 e. The Hall–Kier alpha value is -1.27. The first-order valence-corrected chi connectivity index (χ1v) is 9.92. The average molecular weight is 346 g/mol. The van der Waals surface area contributed by atoms with Crippen molar-refractivity contribution in [1.29, 1.82) is 0 Å². The van der Waals surface area contributed by atoms with Gasteiger partial charge in [0.25, 0.3) is 0 Å². The summed E-state index contributed by atoms with van der Waals surface area (Å²) in [6, 6.07) is 0. The third-order valence-electron chi connectivity index (χ3n) is 5.16. The van der Waals surface area contributed by atoms with Crippen LogP contribution >= 0.6 is 11.3 Å². The fourth-order valence-electron chi connectivity index (χ4n) is 3.81. The Bertz CT molecular complexity index is 711. The summed E-state index contributed by atoms with van der Waals surface area (Å²) < 4.78 is 2.37. The van der Waals surface area contributed by atoms with Gasteiger partial charge >= 0.3 is 0 Å². The molecule has 1 saturated heterocycles. The number of fused-ring (bicyclic) bond motifs is 1. The van der Waals surface area contributed by atoms with Crippen LogP contribution in [0.1, 0.15) is 67.5 Å². The van der Waals surface area contributed by atoms with Crippen molar-refractivity contribution in [3.63, 3.8) is 0 Å². The van der Waals surface area contributed by atoms with Gasteiger partial charge in [-0.2, -0.15) is 0 Å². The summed E-state index contributed by atoms with van der Waals surface area (Å²) >= 11 is 1.87. The van der Waals surface area contributed by atoms with Gasteiger partial charge in [-0.1, -0.05) is 20.8 Å². The second-order valence-electron chi connectivity index (χ2n) is 8.17. The molecule has 0 aromatic carbocycles. The smallest absolute Gasteiger partial charge is 0.137 e. The van der Waals surface area contributed by atoms with Gasteiger partial charge in [0.05, 0.1) is 6.54 Å². The number of likely N-dealkylation sites (tertiary alicyclic amines) is 1. The lowest BCUT2D eigenvalue weighted by Gasteiger charge is -2.31. The Labute approximate surface area is 148 Å². The Kier molecular flexibility index (Phi) is 4.21. The first-order chi connectivity index (χ1) is 11.5. The maximum atomic E-state index is 4.67. The summed E-state index contributed by atoms with van der Waals surface area (Å²) in [6.07, 6.45) is 6.86. The highest BCUT2D eigenvalue weighted by molar-refractivity contribution is 7.11. The van der Waals surface area contributed by atoms with Crippen LogP contribution in [-0.2, 0) is 24.9 Å². The predicted octanol–water partition coefficient (Wildman–Crippen LogP) is 3.36. The highest BCUT2D eigenvalue weighted by atomic mass is 32.1. The lowest BCUT2D eigenvalue weighted by Crippen LogP contribution is -2.34. The predicted molar refractivity (Wildman–Crippen MR) is 96.4 cm³/mol. The standard InChI is InChI=1S/C18H27N5S/c1-18(2,3)14-10-19-16(24-14)12-22-8-4-6-13(11-22)17-21-20-15-7-5-9-23(15)17/h10,13H,4-9,11-12H2,1-3H3/t13-/m1/s1. The SMILES string of the molecule is CC(C)(C)c1cnc(CN2CCC[C@@H](c3nnc4n3CCC4)C2)s1. The van der Waals surface area contributed by atoms with Crippen molar-refractivity contribution in [2.45, 2.75) is 70.9 Å². The molecule has 1 atom stereocenters. The van der Waals surface area contributed by atoms with Crippen LogP contribution in [0.2, 0.25) is 0 Å². The van der Waals surface area contributed by atoms with E-state index < -0.39 is 0 Å². The van der Waals surface area contributed by atoms with Crippen molar-refractivity contribution in [3.8, 4) is 0 Å². The molecule has 0 bridgehead atoms. The lowest BCUT2D eigenvalue weighted by molar-refractivity contribution is 0.194. The molecule has 2 aromatic rings. The molecule has 0 radical (unpaired) electrons. The summed E-state index contributed by atoms with van der Waals surface area (Å²) in [7, 11) is 0. The number of aromatic nitrogens is 4. The van der Waals surface area contributed by atoms with Crippen LogP contribution < -0.4 is 0 Å². The summed E-state index contributed by atoms with van der Waals surface area (Å²) in [5.74, 6) is 2.94. The molecule has 5 nitrogen and oxygen atoms in total. The van der Waals surface area contributed by atoms with Gasteiger partial charge in [0.1, 0.15) is 16.7 Å². The molecule has 0 unspecified atom stereocenters. The third kappa shape index (κ3) is 3.14. The van der Waals surface area contributed by atoms with E-state index in [2.05, 4.69) is 51.6 Å². The molecule has 4 rings (SSSR count). The molecular weight excluding hydrogens is 318 g/mol. The van der Waals surface area contributed by atoms with Gasteiger partial charge in [-0.3, -0.25) is 4.90 Å². The van der Waals surface area contributed by atoms with Crippen LogP contribution in [0.4, 0.5) is 0 Å². The van der Waals surface area contributed by atoms with Gasteiger partial charge in [0.15, 0.2) is 0 Å². The van der Waals surface area contributed by atoms with Gasteiger partial charge in [0.2, 0.25) is 0 Å². The first-order valence-electron chi connectivity index (χ1n) is 9.10. The summed E-state index contributed by atoms with van der Waals surface area (Å²) in [5.41, 5.74) is 0.197. The second-order valence-corrected chi connectivity index (χ2v) is 9.29. The summed E-state index contributed by atoms with van der Waals surface area (Å²) in [6.45, 7) is 11.1. The highest BCUT2D eigenvalue weighted by Crippen LogP contribution is 2.31. The highest BCUT2D eigenvalue weighted by Gasteiger charge is 2.29. The van der Waals surface area contributed by atoms with Crippen molar-refractivity contribution in [2.75, 3.05) is 13.1 Å². The molecule has 0 saturated carbocycles. The number of thiazole rings is 1. The largest absolute Gasteiger partial charge is 0.315 e. The minimum absolute atomic E-state index is 0.197. The monoisotopic (exact) mass is 345 g/mol. The van der Waals surface area contributed by atoms with E-state index in [4.69, 9.17) is 0 Å². The first kappa shape index (κ1) is 16.2. The molecule has 6 heteroatoms. The number of piperidine rings is 1. The minimum atomic E-state index is 0.197. The Morgan fingerprint density at radius 3 is 2.88 bits per heavy atom. The number of hydrogen-bond donors (Lipinski definition) is 0. The van der Waals surface area contributed by atoms with Gasteiger partial charge in [-0.15, -0.1) is 21.5 Å². The molecule has 0 amide bonds. The van der Waals surface area contributed by atoms with Crippen molar-refractivity contribution < 1.29 is 0 Å². The maximum Gasteiger partial charge on any atom is 0.137 e. The Balaban J connectivity index is 1.44. The zero-order valence-electron chi connectivity index (χ0n) is 15.0. The van der Waals surface area contributed by atoms with Crippen LogP contribution in [0.5, 0.6) is 0 Å². The fraction of sp³-hybridized carbons (Fsp3) is 0.722. The molecule has 2 aliphatic rings. The number of nitrogens with zero attached hydrogens (tertiary/aromatic N) is 5. The Morgan fingerprint density at radius 2 is 2.08 bits per heavy atom. The summed E-state index contributed by atoms with van der Waals surface area (Å²) in [4.78, 5) is 8.59. The second kappa shape index (κ2) is 6.23. The molecule has 2 aliphatic heterocycles. The molecule has 0 aliphatic carbocycles. The van der Waals surface area contributed by atoms with E-state index in [1.807, 2.05) is 11.3 Å². The molecule has 1 fully saturated rings. The van der Waals surface area contributed by atoms with E-state index in [1.54, 1.807) is 0 Å². The van der Waals surface area contributed by atoms with E-state index in [0.717, 1.165) is 26.1 Å². The number of rotatable bonds is 3. The van der Waals surface area contributed by atoms with E-state index in [-0.39, 0.29) is 5.41 Å². The van der Waals surface area contributed by atoms with Gasteiger partial charge in [0, 0.05) is 36.5 Å². The zero-order chi connectivity index (χ0) is 16.7. The molecule has 0 N–H and O–H groups in total. The molecule has 130 valence electrons. The number of hydrogen-bond acceptors (Lipinski definition) is 5. The van der Waals surface area contributed by atoms with Crippen LogP contribution in [0.15, 0.2) is 6.20 Å².